The van der Waals surface area contributed by atoms with Crippen molar-refractivity contribution < 1.29 is 4.79 Å². The maximum atomic E-state index is 12.7. The van der Waals surface area contributed by atoms with E-state index in [0.717, 1.165) is 22.5 Å². The lowest BCUT2D eigenvalue weighted by atomic mass is 9.72. The molecule has 1 fully saturated rings. The molecule has 0 saturated heterocycles. The van der Waals surface area contributed by atoms with E-state index in [1.807, 2.05) is 41.9 Å². The summed E-state index contributed by atoms with van der Waals surface area (Å²) in [6.45, 7) is 0. The topological polar surface area (TPSA) is 53.2 Å². The monoisotopic (exact) mass is 292 g/mol. The predicted octanol–water partition coefficient (Wildman–Crippen LogP) is 3.72. The molecular formula is C17H12N2OS. The Morgan fingerprint density at radius 1 is 1.38 bits per heavy atom. The number of fused-ring (bicyclic) bond motifs is 2. The fourth-order valence-electron chi connectivity index (χ4n) is 3.54. The van der Waals surface area contributed by atoms with Gasteiger partial charge in [-0.2, -0.15) is 5.26 Å². The van der Waals surface area contributed by atoms with Crippen LogP contribution in [0.1, 0.15) is 34.8 Å². The average Bonchev–Trinajstić information content (AvgIpc) is 3.20. The summed E-state index contributed by atoms with van der Waals surface area (Å²) < 4.78 is 0. The standard InChI is InChI=1S/C17H12N2OS/c18-8-11-7-15(21-9-11)13-5-6-16(20)17(13)10-19-14-4-2-1-3-12(14)17/h1-4,7,9-10,13H,5-6H2. The third-order valence-electron chi connectivity index (χ3n) is 4.52. The molecule has 2 atom stereocenters. The van der Waals surface area contributed by atoms with Crippen molar-refractivity contribution in [2.75, 3.05) is 0 Å². The van der Waals surface area contributed by atoms with Gasteiger partial charge < -0.3 is 0 Å². The van der Waals surface area contributed by atoms with E-state index in [9.17, 15) is 4.79 Å². The SMILES string of the molecule is N#Cc1csc(C2CCC(=O)C23C=Nc2ccccc23)c1. The summed E-state index contributed by atoms with van der Waals surface area (Å²) in [4.78, 5) is 18.3. The van der Waals surface area contributed by atoms with Crippen LogP contribution >= 0.6 is 11.3 Å². The summed E-state index contributed by atoms with van der Waals surface area (Å²) in [5.74, 6) is 0.345. The minimum Gasteiger partial charge on any atom is -0.298 e. The van der Waals surface area contributed by atoms with Crippen molar-refractivity contribution in [3.63, 3.8) is 0 Å². The molecular weight excluding hydrogens is 280 g/mol. The number of thiophene rings is 1. The Bertz CT molecular complexity index is 814. The van der Waals surface area contributed by atoms with Crippen LogP contribution in [0.25, 0.3) is 0 Å². The first-order valence-electron chi connectivity index (χ1n) is 6.92. The Hall–Kier alpha value is -2.25. The normalized spacial score (nSPS) is 26.2. The van der Waals surface area contributed by atoms with Gasteiger partial charge in [0.05, 0.1) is 16.7 Å². The van der Waals surface area contributed by atoms with E-state index in [1.54, 1.807) is 11.3 Å². The van der Waals surface area contributed by atoms with Crippen LogP contribution in [-0.2, 0) is 10.2 Å². The number of ketones is 1. The lowest BCUT2D eigenvalue weighted by Crippen LogP contribution is -2.35. The molecule has 1 aromatic carbocycles. The average molecular weight is 292 g/mol. The second-order valence-electron chi connectivity index (χ2n) is 5.51. The maximum absolute atomic E-state index is 12.7. The highest BCUT2D eigenvalue weighted by atomic mass is 32.1. The van der Waals surface area contributed by atoms with Crippen molar-refractivity contribution in [1.29, 1.82) is 5.26 Å². The molecule has 4 heteroatoms. The molecule has 1 saturated carbocycles. The van der Waals surface area contributed by atoms with E-state index < -0.39 is 5.41 Å². The number of Topliss-reactive ketones (excluding diaryl/α,β-unsaturated/α-hetero) is 1. The van der Waals surface area contributed by atoms with Gasteiger partial charge >= 0.3 is 0 Å². The molecule has 0 amide bonds. The molecule has 1 aromatic heterocycles. The van der Waals surface area contributed by atoms with Crippen LogP contribution in [0.3, 0.4) is 0 Å². The molecule has 102 valence electrons. The minimum atomic E-state index is -0.617. The van der Waals surface area contributed by atoms with Crippen molar-refractivity contribution in [3.8, 4) is 6.07 Å². The van der Waals surface area contributed by atoms with Crippen molar-refractivity contribution >= 4 is 29.0 Å². The molecule has 1 aliphatic carbocycles. The van der Waals surface area contributed by atoms with E-state index in [1.165, 1.54) is 0 Å². The highest BCUT2D eigenvalue weighted by molar-refractivity contribution is 7.10. The Morgan fingerprint density at radius 2 is 2.24 bits per heavy atom. The van der Waals surface area contributed by atoms with Gasteiger partial charge in [0.25, 0.3) is 0 Å². The third-order valence-corrected chi connectivity index (χ3v) is 5.57. The molecule has 4 rings (SSSR count). The van der Waals surface area contributed by atoms with Gasteiger partial charge in [-0.05, 0) is 24.1 Å². The predicted molar refractivity (Wildman–Crippen MR) is 82.3 cm³/mol. The summed E-state index contributed by atoms with van der Waals surface area (Å²) >= 11 is 1.57. The third kappa shape index (κ3) is 1.58. The summed E-state index contributed by atoms with van der Waals surface area (Å²) in [7, 11) is 0. The highest BCUT2D eigenvalue weighted by Gasteiger charge is 2.53. The largest absolute Gasteiger partial charge is 0.298 e. The number of hydrogen-bond acceptors (Lipinski definition) is 4. The molecule has 1 aliphatic heterocycles. The van der Waals surface area contributed by atoms with Crippen LogP contribution in [0, 0.1) is 11.3 Å². The Kier molecular flexibility index (Phi) is 2.60. The number of benzene rings is 1. The molecule has 1 spiro atoms. The molecule has 21 heavy (non-hydrogen) atoms. The van der Waals surface area contributed by atoms with Crippen LogP contribution in [0.2, 0.25) is 0 Å². The van der Waals surface area contributed by atoms with E-state index in [0.29, 0.717) is 12.0 Å². The maximum Gasteiger partial charge on any atom is 0.149 e. The van der Waals surface area contributed by atoms with Crippen molar-refractivity contribution in [1.82, 2.24) is 0 Å². The quantitative estimate of drug-likeness (QED) is 0.804. The summed E-state index contributed by atoms with van der Waals surface area (Å²) in [6, 6.07) is 12.0. The van der Waals surface area contributed by atoms with Gasteiger partial charge in [0.2, 0.25) is 0 Å². The summed E-state index contributed by atoms with van der Waals surface area (Å²) in [5, 5.41) is 10.9. The Labute approximate surface area is 126 Å². The Balaban J connectivity index is 1.89. The van der Waals surface area contributed by atoms with Crippen molar-refractivity contribution in [3.05, 3.63) is 51.7 Å². The molecule has 2 aliphatic rings. The molecule has 3 nitrogen and oxygen atoms in total. The van der Waals surface area contributed by atoms with Crippen LogP contribution < -0.4 is 0 Å². The molecule has 2 aromatic rings. The number of hydrogen-bond donors (Lipinski definition) is 0. The number of carbonyl (C=O) groups is 1. The van der Waals surface area contributed by atoms with E-state index in [-0.39, 0.29) is 11.7 Å². The smallest absolute Gasteiger partial charge is 0.149 e. The second kappa shape index (κ2) is 4.37. The molecule has 0 bridgehead atoms. The first kappa shape index (κ1) is 12.5. The molecule has 0 radical (unpaired) electrons. The lowest BCUT2D eigenvalue weighted by Gasteiger charge is -2.27. The fraction of sp³-hybridized carbons (Fsp3) is 0.235. The zero-order valence-electron chi connectivity index (χ0n) is 11.2. The zero-order valence-corrected chi connectivity index (χ0v) is 12.1. The summed E-state index contributed by atoms with van der Waals surface area (Å²) in [5.41, 5.74) is 1.97. The molecule has 0 N–H and O–H groups in total. The van der Waals surface area contributed by atoms with Gasteiger partial charge in [0.1, 0.15) is 11.9 Å². The van der Waals surface area contributed by atoms with Gasteiger partial charge in [0.15, 0.2) is 0 Å². The number of para-hydroxylation sites is 1. The first-order valence-corrected chi connectivity index (χ1v) is 7.80. The Morgan fingerprint density at radius 3 is 3.05 bits per heavy atom. The summed E-state index contributed by atoms with van der Waals surface area (Å²) in [6.07, 6.45) is 3.23. The number of nitrogens with zero attached hydrogens (tertiary/aromatic N) is 2. The van der Waals surface area contributed by atoms with E-state index >= 15 is 0 Å². The van der Waals surface area contributed by atoms with Gasteiger partial charge in [-0.1, -0.05) is 18.2 Å². The highest BCUT2D eigenvalue weighted by Crippen LogP contribution is 2.54. The van der Waals surface area contributed by atoms with Crippen molar-refractivity contribution in [2.24, 2.45) is 4.99 Å². The number of nitriles is 1. The van der Waals surface area contributed by atoms with Gasteiger partial charge in [-0.3, -0.25) is 9.79 Å². The number of carbonyl (C=O) groups excluding carboxylic acids is 1. The van der Waals surface area contributed by atoms with Gasteiger partial charge in [-0.15, -0.1) is 11.3 Å². The van der Waals surface area contributed by atoms with E-state index in [2.05, 4.69) is 11.1 Å². The van der Waals surface area contributed by atoms with Gasteiger partial charge in [-0.25, -0.2) is 0 Å². The van der Waals surface area contributed by atoms with Crippen LogP contribution in [-0.4, -0.2) is 12.0 Å². The zero-order chi connectivity index (χ0) is 14.4. The second-order valence-corrected chi connectivity index (χ2v) is 6.45. The van der Waals surface area contributed by atoms with Crippen LogP contribution in [0.5, 0.6) is 0 Å². The van der Waals surface area contributed by atoms with Crippen molar-refractivity contribution in [2.45, 2.75) is 24.2 Å². The van der Waals surface area contributed by atoms with Crippen LogP contribution in [0.15, 0.2) is 40.7 Å². The van der Waals surface area contributed by atoms with E-state index in [4.69, 9.17) is 5.26 Å². The fourth-order valence-corrected chi connectivity index (χ4v) is 4.59. The minimum absolute atomic E-state index is 0.101. The number of aliphatic imine (C=N–C) groups is 1. The lowest BCUT2D eigenvalue weighted by molar-refractivity contribution is -0.120. The number of rotatable bonds is 1. The van der Waals surface area contributed by atoms with Gasteiger partial charge in [0, 0.05) is 28.8 Å². The molecule has 2 heterocycles. The first-order chi connectivity index (χ1) is 10.3. The molecule has 2 unspecified atom stereocenters. The van der Waals surface area contributed by atoms with Crippen LogP contribution in [0.4, 0.5) is 5.69 Å².